The summed E-state index contributed by atoms with van der Waals surface area (Å²) in [6.07, 6.45) is 4.37. The normalized spacial score (nSPS) is 10.7. The highest BCUT2D eigenvalue weighted by Gasteiger charge is 2.18. The van der Waals surface area contributed by atoms with Gasteiger partial charge in [-0.05, 0) is 24.3 Å². The average Bonchev–Trinajstić information content (AvgIpc) is 3.40. The molecule has 0 N–H and O–H groups in total. The molecule has 0 unspecified atom stereocenters. The molecule has 1 amide bonds. The number of carbonyl (C=O) groups is 1. The van der Waals surface area contributed by atoms with Crippen molar-refractivity contribution in [3.8, 4) is 17.2 Å². The summed E-state index contributed by atoms with van der Waals surface area (Å²) in [5.74, 6) is -0.109. The van der Waals surface area contributed by atoms with E-state index in [-0.39, 0.29) is 5.91 Å². The van der Waals surface area contributed by atoms with Crippen LogP contribution in [0.25, 0.3) is 17.2 Å². The Balaban J connectivity index is 1.59. The second-order valence-corrected chi connectivity index (χ2v) is 6.32. The van der Waals surface area contributed by atoms with Gasteiger partial charge in [-0.3, -0.25) is 9.69 Å². The lowest BCUT2D eigenvalue weighted by Crippen LogP contribution is -2.26. The summed E-state index contributed by atoms with van der Waals surface area (Å²) in [7, 11) is 1.62. The first-order valence-corrected chi connectivity index (χ1v) is 8.66. The van der Waals surface area contributed by atoms with Gasteiger partial charge in [-0.1, -0.05) is 0 Å². The zero-order valence-electron chi connectivity index (χ0n) is 14.0. The molecule has 0 saturated carbocycles. The van der Waals surface area contributed by atoms with Crippen molar-refractivity contribution in [1.29, 1.82) is 0 Å². The second-order valence-electron chi connectivity index (χ2n) is 5.49. The maximum absolute atomic E-state index is 13.0. The molecule has 0 aliphatic heterocycles. The molecule has 0 aliphatic rings. The molecule has 0 atom stereocenters. The van der Waals surface area contributed by atoms with Crippen LogP contribution in [0.4, 0.5) is 9.52 Å². The van der Waals surface area contributed by atoms with E-state index in [4.69, 9.17) is 0 Å². The first-order valence-electron chi connectivity index (χ1n) is 7.78. The van der Waals surface area contributed by atoms with Gasteiger partial charge in [0.1, 0.15) is 30.5 Å². The molecule has 0 bridgehead atoms. The number of carbonyl (C=O) groups excluding carboxylic acids is 1. The van der Waals surface area contributed by atoms with Crippen molar-refractivity contribution in [2.24, 2.45) is 0 Å². The maximum atomic E-state index is 13.0. The van der Waals surface area contributed by atoms with Crippen molar-refractivity contribution in [2.45, 2.75) is 0 Å². The summed E-state index contributed by atoms with van der Waals surface area (Å²) in [4.78, 5) is 30.7. The first kappa shape index (κ1) is 16.9. The molecule has 0 fully saturated rings. The summed E-state index contributed by atoms with van der Waals surface area (Å²) in [6, 6.07) is 7.12. The monoisotopic (exact) mass is 381 g/mol. The minimum Gasteiger partial charge on any atom is -0.287 e. The van der Waals surface area contributed by atoms with E-state index in [0.717, 1.165) is 0 Å². The maximum Gasteiger partial charge on any atom is 0.259 e. The van der Waals surface area contributed by atoms with Crippen molar-refractivity contribution in [1.82, 2.24) is 29.7 Å². The topological polar surface area (TPSA) is 89.7 Å². The minimum absolute atomic E-state index is 0.276. The van der Waals surface area contributed by atoms with Crippen LogP contribution in [0.5, 0.6) is 0 Å². The van der Waals surface area contributed by atoms with Gasteiger partial charge in [0.25, 0.3) is 5.91 Å². The number of nitrogens with zero attached hydrogens (tertiary/aromatic N) is 7. The van der Waals surface area contributed by atoms with Gasteiger partial charge in [0.2, 0.25) is 0 Å². The first-order chi connectivity index (χ1) is 13.1. The van der Waals surface area contributed by atoms with E-state index in [9.17, 15) is 9.18 Å². The lowest BCUT2D eigenvalue weighted by Gasteiger charge is -2.13. The Kier molecular flexibility index (Phi) is 4.38. The van der Waals surface area contributed by atoms with Crippen LogP contribution >= 0.6 is 11.3 Å². The Morgan fingerprint density at radius 2 is 1.96 bits per heavy atom. The Bertz CT molecular complexity index is 1080. The van der Waals surface area contributed by atoms with Crippen molar-refractivity contribution < 1.29 is 9.18 Å². The molecule has 4 rings (SSSR count). The number of halogens is 1. The average molecular weight is 381 g/mol. The second kappa shape index (κ2) is 7.00. The molecule has 0 radical (unpaired) electrons. The number of amides is 1. The molecule has 0 saturated heterocycles. The fourth-order valence-corrected chi connectivity index (χ4v) is 3.13. The molecule has 8 nitrogen and oxygen atoms in total. The molecule has 3 heterocycles. The van der Waals surface area contributed by atoms with Crippen LogP contribution in [0, 0.1) is 5.82 Å². The van der Waals surface area contributed by atoms with Crippen molar-refractivity contribution in [3.05, 3.63) is 66.1 Å². The fourth-order valence-electron chi connectivity index (χ4n) is 2.35. The standard InChI is InChI=1S/C17H12FN7OS/c1-24(16(26)11-2-4-12(18)5-3-11)17-23-14(7-27-17)13-6-15(21-9-20-13)25-10-19-8-22-25/h2-10H,1H3. The number of anilines is 1. The number of rotatable bonds is 4. The number of thiazole rings is 1. The van der Waals surface area contributed by atoms with Crippen LogP contribution in [0.3, 0.4) is 0 Å². The summed E-state index contributed by atoms with van der Waals surface area (Å²) >= 11 is 1.31. The third kappa shape index (κ3) is 3.42. The minimum atomic E-state index is -0.391. The highest BCUT2D eigenvalue weighted by molar-refractivity contribution is 7.14. The van der Waals surface area contributed by atoms with Gasteiger partial charge in [0.05, 0.1) is 5.69 Å². The Labute approximate surface area is 157 Å². The highest BCUT2D eigenvalue weighted by atomic mass is 32.1. The van der Waals surface area contributed by atoms with E-state index in [1.165, 1.54) is 64.2 Å². The van der Waals surface area contributed by atoms with E-state index in [2.05, 4.69) is 25.0 Å². The van der Waals surface area contributed by atoms with Gasteiger partial charge in [0.15, 0.2) is 10.9 Å². The van der Waals surface area contributed by atoms with Crippen LogP contribution in [0.1, 0.15) is 10.4 Å². The molecule has 10 heteroatoms. The van der Waals surface area contributed by atoms with Gasteiger partial charge in [-0.15, -0.1) is 11.3 Å². The van der Waals surface area contributed by atoms with E-state index in [1.54, 1.807) is 18.5 Å². The number of aromatic nitrogens is 6. The van der Waals surface area contributed by atoms with Crippen LogP contribution in [0.15, 0.2) is 54.7 Å². The van der Waals surface area contributed by atoms with Gasteiger partial charge in [-0.25, -0.2) is 29.0 Å². The molecular formula is C17H12FN7OS. The smallest absolute Gasteiger partial charge is 0.259 e. The van der Waals surface area contributed by atoms with E-state index >= 15 is 0 Å². The third-order valence-corrected chi connectivity index (χ3v) is 4.66. The number of benzene rings is 1. The summed E-state index contributed by atoms with van der Waals surface area (Å²) < 4.78 is 14.6. The van der Waals surface area contributed by atoms with Crippen molar-refractivity contribution in [3.63, 3.8) is 0 Å². The Morgan fingerprint density at radius 1 is 1.15 bits per heavy atom. The summed E-state index contributed by atoms with van der Waals surface area (Å²) in [5.41, 5.74) is 1.59. The van der Waals surface area contributed by atoms with Crippen molar-refractivity contribution >= 4 is 22.4 Å². The van der Waals surface area contributed by atoms with Crippen LogP contribution in [-0.2, 0) is 0 Å². The van der Waals surface area contributed by atoms with Gasteiger partial charge < -0.3 is 0 Å². The fraction of sp³-hybridized carbons (Fsp3) is 0.0588. The predicted octanol–water partition coefficient (Wildman–Crippen LogP) is 2.60. The summed E-state index contributed by atoms with van der Waals surface area (Å²) in [6.45, 7) is 0. The van der Waals surface area contributed by atoms with Crippen LogP contribution in [-0.4, -0.2) is 42.7 Å². The molecule has 0 aliphatic carbocycles. The molecule has 27 heavy (non-hydrogen) atoms. The molecule has 4 aromatic rings. The highest BCUT2D eigenvalue weighted by Crippen LogP contribution is 2.27. The summed E-state index contributed by atoms with van der Waals surface area (Å²) in [5, 5.41) is 6.34. The number of hydrogen-bond donors (Lipinski definition) is 0. The molecule has 1 aromatic carbocycles. The molecule has 3 aromatic heterocycles. The lowest BCUT2D eigenvalue weighted by molar-refractivity contribution is 0.0993. The zero-order valence-corrected chi connectivity index (χ0v) is 14.8. The van der Waals surface area contributed by atoms with Gasteiger partial charge >= 0.3 is 0 Å². The van der Waals surface area contributed by atoms with Crippen molar-refractivity contribution in [2.75, 3.05) is 11.9 Å². The SMILES string of the molecule is CN(C(=O)c1ccc(F)cc1)c1nc(-c2cc(-n3cncn3)ncn2)cs1. The van der Waals surface area contributed by atoms with Gasteiger partial charge in [0, 0.05) is 24.1 Å². The predicted molar refractivity (Wildman–Crippen MR) is 97.2 cm³/mol. The largest absolute Gasteiger partial charge is 0.287 e. The Hall–Kier alpha value is -3.53. The van der Waals surface area contributed by atoms with Gasteiger partial charge in [-0.2, -0.15) is 5.10 Å². The van der Waals surface area contributed by atoms with Crippen LogP contribution < -0.4 is 4.90 Å². The third-order valence-electron chi connectivity index (χ3n) is 3.74. The lowest BCUT2D eigenvalue weighted by atomic mass is 10.2. The van der Waals surface area contributed by atoms with Crippen LogP contribution in [0.2, 0.25) is 0 Å². The molecule has 0 spiro atoms. The quantitative estimate of drug-likeness (QED) is 0.540. The number of hydrogen-bond acceptors (Lipinski definition) is 7. The van der Waals surface area contributed by atoms with E-state index in [0.29, 0.717) is 27.9 Å². The van der Waals surface area contributed by atoms with E-state index in [1.807, 2.05) is 0 Å². The zero-order chi connectivity index (χ0) is 18.8. The molecule has 134 valence electrons. The molecular weight excluding hydrogens is 369 g/mol. The van der Waals surface area contributed by atoms with E-state index < -0.39 is 5.82 Å². The Morgan fingerprint density at radius 3 is 2.70 bits per heavy atom.